The highest BCUT2D eigenvalue weighted by Gasteiger charge is 2.32. The van der Waals surface area contributed by atoms with Crippen LogP contribution in [0.1, 0.15) is 12.8 Å². The first-order valence-corrected chi connectivity index (χ1v) is 8.65. The number of hydrogen-bond acceptors (Lipinski definition) is 5. The monoisotopic (exact) mass is 347 g/mol. The summed E-state index contributed by atoms with van der Waals surface area (Å²) in [7, 11) is 3.49. The number of hydrogen-bond donors (Lipinski definition) is 1. The van der Waals surface area contributed by atoms with Gasteiger partial charge < -0.3 is 19.7 Å². The lowest BCUT2D eigenvalue weighted by molar-refractivity contribution is -0.134. The van der Waals surface area contributed by atoms with Crippen LogP contribution in [0.15, 0.2) is 24.3 Å². The third-order valence-electron chi connectivity index (χ3n) is 4.53. The summed E-state index contributed by atoms with van der Waals surface area (Å²) in [6.45, 7) is 1.79. The van der Waals surface area contributed by atoms with Gasteiger partial charge in [-0.2, -0.15) is 0 Å². The van der Waals surface area contributed by atoms with E-state index in [0.29, 0.717) is 18.9 Å². The first-order valence-electron chi connectivity index (χ1n) is 8.65. The molecule has 1 aromatic carbocycles. The average Bonchev–Trinajstić information content (AvgIpc) is 3.07. The Morgan fingerprint density at radius 3 is 2.80 bits per heavy atom. The summed E-state index contributed by atoms with van der Waals surface area (Å²) >= 11 is 0. The number of nitrogens with zero attached hydrogens (tertiary/aromatic N) is 2. The minimum Gasteiger partial charge on any atom is -0.486 e. The number of carbonyl (C=O) groups excluding carboxylic acids is 2. The van der Waals surface area contributed by atoms with Gasteiger partial charge in [-0.05, 0) is 31.5 Å². The molecule has 7 nitrogen and oxygen atoms in total. The summed E-state index contributed by atoms with van der Waals surface area (Å²) in [6.07, 6.45) is 1.53. The van der Waals surface area contributed by atoms with Gasteiger partial charge in [0, 0.05) is 14.1 Å². The van der Waals surface area contributed by atoms with Gasteiger partial charge in [-0.3, -0.25) is 14.5 Å². The number of benzene rings is 1. The van der Waals surface area contributed by atoms with Gasteiger partial charge in [-0.15, -0.1) is 0 Å². The van der Waals surface area contributed by atoms with Gasteiger partial charge in [-0.25, -0.2) is 0 Å². The third-order valence-corrected chi connectivity index (χ3v) is 4.53. The molecule has 1 aromatic rings. The van der Waals surface area contributed by atoms with Crippen molar-refractivity contribution in [2.75, 3.05) is 40.3 Å². The van der Waals surface area contributed by atoms with Crippen LogP contribution in [0.2, 0.25) is 0 Å². The Morgan fingerprint density at radius 2 is 2.04 bits per heavy atom. The molecule has 0 unspecified atom stereocenters. The number of likely N-dealkylation sites (tertiary alicyclic amines) is 1. The minimum absolute atomic E-state index is 0.0610. The van der Waals surface area contributed by atoms with Crippen molar-refractivity contribution in [2.24, 2.45) is 0 Å². The van der Waals surface area contributed by atoms with Crippen molar-refractivity contribution in [1.82, 2.24) is 15.1 Å². The number of amides is 2. The number of fused-ring (bicyclic) bond motifs is 1. The molecule has 0 aliphatic carbocycles. The average molecular weight is 347 g/mol. The Morgan fingerprint density at radius 1 is 1.28 bits per heavy atom. The lowest BCUT2D eigenvalue weighted by Crippen LogP contribution is -2.48. The highest BCUT2D eigenvalue weighted by molar-refractivity contribution is 5.83. The van der Waals surface area contributed by atoms with Crippen LogP contribution >= 0.6 is 0 Å². The van der Waals surface area contributed by atoms with E-state index in [9.17, 15) is 9.59 Å². The van der Waals surface area contributed by atoms with Gasteiger partial charge in [-0.1, -0.05) is 12.1 Å². The molecule has 2 atom stereocenters. The lowest BCUT2D eigenvalue weighted by Gasteiger charge is -2.28. The van der Waals surface area contributed by atoms with Crippen molar-refractivity contribution in [2.45, 2.75) is 25.0 Å². The summed E-state index contributed by atoms with van der Waals surface area (Å²) in [5.41, 5.74) is 0. The quantitative estimate of drug-likeness (QED) is 0.840. The topological polar surface area (TPSA) is 71.1 Å². The smallest absolute Gasteiger partial charge is 0.239 e. The maximum absolute atomic E-state index is 12.3. The van der Waals surface area contributed by atoms with Crippen LogP contribution in [0.5, 0.6) is 11.5 Å². The Kier molecular flexibility index (Phi) is 5.43. The Balaban J connectivity index is 1.46. The molecule has 25 heavy (non-hydrogen) atoms. The van der Waals surface area contributed by atoms with Crippen LogP contribution < -0.4 is 14.8 Å². The molecule has 2 aliphatic heterocycles. The summed E-state index contributed by atoms with van der Waals surface area (Å²) in [5, 5.41) is 2.89. The second-order valence-electron chi connectivity index (χ2n) is 6.66. The summed E-state index contributed by atoms with van der Waals surface area (Å²) in [4.78, 5) is 28.0. The maximum atomic E-state index is 12.3. The van der Waals surface area contributed by atoms with Crippen molar-refractivity contribution in [1.29, 1.82) is 0 Å². The molecular weight excluding hydrogens is 322 g/mol. The lowest BCUT2D eigenvalue weighted by atomic mass is 10.2. The van der Waals surface area contributed by atoms with E-state index in [4.69, 9.17) is 9.47 Å². The number of rotatable bonds is 5. The summed E-state index contributed by atoms with van der Waals surface area (Å²) < 4.78 is 11.5. The standard InChI is InChI=1S/C18H25N3O4/c1-20(2)18(23)14-6-5-9-21(14)11-17(22)19-10-13-12-24-15-7-3-4-8-16(15)25-13/h3-4,7-8,13-14H,5-6,9-12H2,1-2H3,(H,19,22)/t13-,14+/m1/s1. The Labute approximate surface area is 147 Å². The molecule has 136 valence electrons. The van der Waals surface area contributed by atoms with Gasteiger partial charge in [0.15, 0.2) is 11.5 Å². The molecule has 0 bridgehead atoms. The molecule has 1 fully saturated rings. The van der Waals surface area contributed by atoms with Crippen molar-refractivity contribution in [3.63, 3.8) is 0 Å². The van der Waals surface area contributed by atoms with Gasteiger partial charge in [0.2, 0.25) is 11.8 Å². The minimum atomic E-state index is -0.211. The zero-order valence-electron chi connectivity index (χ0n) is 14.7. The first-order chi connectivity index (χ1) is 12.0. The van der Waals surface area contributed by atoms with Crippen molar-refractivity contribution >= 4 is 11.8 Å². The van der Waals surface area contributed by atoms with E-state index in [2.05, 4.69) is 5.32 Å². The van der Waals surface area contributed by atoms with Crippen LogP contribution in [-0.2, 0) is 9.59 Å². The molecule has 0 radical (unpaired) electrons. The number of ether oxygens (including phenoxy) is 2. The molecular formula is C18H25N3O4. The molecule has 2 aliphatic rings. The fourth-order valence-corrected chi connectivity index (χ4v) is 3.22. The van der Waals surface area contributed by atoms with E-state index in [0.717, 1.165) is 25.1 Å². The van der Waals surface area contributed by atoms with Crippen molar-refractivity contribution < 1.29 is 19.1 Å². The maximum Gasteiger partial charge on any atom is 0.239 e. The van der Waals surface area contributed by atoms with Gasteiger partial charge >= 0.3 is 0 Å². The molecule has 2 heterocycles. The molecule has 1 saturated heterocycles. The predicted molar refractivity (Wildman–Crippen MR) is 92.7 cm³/mol. The van der Waals surface area contributed by atoms with E-state index < -0.39 is 0 Å². The zero-order chi connectivity index (χ0) is 17.8. The second kappa shape index (κ2) is 7.74. The molecule has 0 saturated carbocycles. The Hall–Kier alpha value is -2.28. The normalized spacial score (nSPS) is 22.5. The predicted octanol–water partition coefficient (Wildman–Crippen LogP) is 0.495. The van der Waals surface area contributed by atoms with Gasteiger partial charge in [0.25, 0.3) is 0 Å². The van der Waals surface area contributed by atoms with Crippen molar-refractivity contribution in [3.8, 4) is 11.5 Å². The second-order valence-corrected chi connectivity index (χ2v) is 6.66. The SMILES string of the molecule is CN(C)C(=O)[C@@H]1CCCN1CC(=O)NC[C@@H]1COc2ccccc2O1. The van der Waals surface area contributed by atoms with Crippen LogP contribution in [0.4, 0.5) is 0 Å². The highest BCUT2D eigenvalue weighted by atomic mass is 16.6. The number of para-hydroxylation sites is 2. The third kappa shape index (κ3) is 4.22. The molecule has 7 heteroatoms. The highest BCUT2D eigenvalue weighted by Crippen LogP contribution is 2.30. The summed E-state index contributed by atoms with van der Waals surface area (Å²) in [5.74, 6) is 1.39. The summed E-state index contributed by atoms with van der Waals surface area (Å²) in [6, 6.07) is 7.30. The van der Waals surface area contributed by atoms with E-state index in [1.165, 1.54) is 0 Å². The Bertz CT molecular complexity index is 635. The zero-order valence-corrected chi connectivity index (χ0v) is 14.7. The van der Waals surface area contributed by atoms with Crippen LogP contribution in [0.3, 0.4) is 0 Å². The van der Waals surface area contributed by atoms with E-state index in [1.807, 2.05) is 29.2 Å². The van der Waals surface area contributed by atoms with Crippen LogP contribution in [-0.4, -0.2) is 74.1 Å². The van der Waals surface area contributed by atoms with Gasteiger partial charge in [0.05, 0.1) is 19.1 Å². The molecule has 2 amide bonds. The number of likely N-dealkylation sites (N-methyl/N-ethyl adjacent to an activating group) is 1. The number of carbonyl (C=O) groups is 2. The molecule has 1 N–H and O–H groups in total. The van der Waals surface area contributed by atoms with E-state index in [1.54, 1.807) is 19.0 Å². The van der Waals surface area contributed by atoms with Crippen LogP contribution in [0.25, 0.3) is 0 Å². The fraction of sp³-hybridized carbons (Fsp3) is 0.556. The first kappa shape index (κ1) is 17.5. The molecule has 0 aromatic heterocycles. The molecule has 0 spiro atoms. The van der Waals surface area contributed by atoms with Crippen molar-refractivity contribution in [3.05, 3.63) is 24.3 Å². The largest absolute Gasteiger partial charge is 0.486 e. The van der Waals surface area contributed by atoms with E-state index in [-0.39, 0.29) is 30.5 Å². The molecule has 3 rings (SSSR count). The van der Waals surface area contributed by atoms with Gasteiger partial charge in [0.1, 0.15) is 12.7 Å². The van der Waals surface area contributed by atoms with E-state index >= 15 is 0 Å². The number of nitrogens with one attached hydrogen (secondary N) is 1. The fourth-order valence-electron chi connectivity index (χ4n) is 3.22. The van der Waals surface area contributed by atoms with Crippen LogP contribution in [0, 0.1) is 0 Å².